The molecule has 3 rings (SSSR count). The summed E-state index contributed by atoms with van der Waals surface area (Å²) < 4.78 is 5.17. The van der Waals surface area contributed by atoms with Gasteiger partial charge in [0.05, 0.1) is 6.26 Å². The van der Waals surface area contributed by atoms with Crippen molar-refractivity contribution in [3.63, 3.8) is 0 Å². The first kappa shape index (κ1) is 21.3. The van der Waals surface area contributed by atoms with Crippen LogP contribution in [0.25, 0.3) is 12.2 Å². The van der Waals surface area contributed by atoms with Crippen LogP contribution in [0.3, 0.4) is 0 Å². The van der Waals surface area contributed by atoms with E-state index >= 15 is 0 Å². The first-order valence-electron chi connectivity index (χ1n) is 9.56. The summed E-state index contributed by atoms with van der Waals surface area (Å²) in [4.78, 5) is 25.0. The minimum Gasteiger partial charge on any atom is -0.465 e. The van der Waals surface area contributed by atoms with Gasteiger partial charge in [0.25, 0.3) is 11.8 Å². The summed E-state index contributed by atoms with van der Waals surface area (Å²) in [6.45, 7) is 0. The molecule has 1 heterocycles. The van der Waals surface area contributed by atoms with Crippen molar-refractivity contribution in [1.82, 2.24) is 10.7 Å². The number of furan rings is 1. The molecule has 0 fully saturated rings. The van der Waals surface area contributed by atoms with Crippen molar-refractivity contribution in [3.8, 4) is 0 Å². The van der Waals surface area contributed by atoms with Gasteiger partial charge in [0, 0.05) is 11.8 Å². The van der Waals surface area contributed by atoms with Crippen LogP contribution in [0.5, 0.6) is 0 Å². The van der Waals surface area contributed by atoms with E-state index in [1.165, 1.54) is 12.3 Å². The molecule has 0 atom stereocenters. The third kappa shape index (κ3) is 7.14. The summed E-state index contributed by atoms with van der Waals surface area (Å²) in [7, 11) is 0. The van der Waals surface area contributed by atoms with Gasteiger partial charge in [-0.3, -0.25) is 9.59 Å². The summed E-state index contributed by atoms with van der Waals surface area (Å²) in [5, 5.41) is 6.50. The van der Waals surface area contributed by atoms with Crippen molar-refractivity contribution in [1.29, 1.82) is 0 Å². The fourth-order valence-electron chi connectivity index (χ4n) is 2.50. The lowest BCUT2D eigenvalue weighted by Crippen LogP contribution is -2.32. The molecule has 31 heavy (non-hydrogen) atoms. The number of amides is 2. The number of hydrogen-bond donors (Lipinski definition) is 2. The van der Waals surface area contributed by atoms with Crippen LogP contribution in [0.4, 0.5) is 0 Å². The lowest BCUT2D eigenvalue weighted by atomic mass is 10.2. The Kier molecular flexibility index (Phi) is 7.91. The molecule has 0 bridgehead atoms. The van der Waals surface area contributed by atoms with Gasteiger partial charge in [-0.1, -0.05) is 60.7 Å². The number of carbonyl (C=O) groups is 2. The number of rotatable bonds is 8. The Hall–Kier alpha value is -4.45. The predicted octanol–water partition coefficient (Wildman–Crippen LogP) is 4.42. The van der Waals surface area contributed by atoms with E-state index in [9.17, 15) is 9.59 Å². The molecule has 154 valence electrons. The molecule has 6 nitrogen and oxygen atoms in total. The van der Waals surface area contributed by atoms with E-state index in [0.29, 0.717) is 11.3 Å². The number of benzene rings is 2. The molecule has 2 N–H and O–H groups in total. The largest absolute Gasteiger partial charge is 0.465 e. The van der Waals surface area contributed by atoms with E-state index in [-0.39, 0.29) is 5.70 Å². The Labute approximate surface area is 180 Å². The fraction of sp³-hybridized carbons (Fsp3) is 0. The zero-order chi connectivity index (χ0) is 21.7. The van der Waals surface area contributed by atoms with Gasteiger partial charge in [0.2, 0.25) is 0 Å². The second kappa shape index (κ2) is 11.5. The standard InChI is InChI=1S/C25H21N3O3/c29-24(21-13-5-2-6-14-21)27-23(17-7-12-20-10-3-1-4-11-20)25(30)28-26-18-8-15-22-16-9-19-31-22/h1-19H,(H,27,29)(H,28,30). The monoisotopic (exact) mass is 411 g/mol. The summed E-state index contributed by atoms with van der Waals surface area (Å²) in [6, 6.07) is 21.8. The second-order valence-corrected chi connectivity index (χ2v) is 6.26. The van der Waals surface area contributed by atoms with Gasteiger partial charge in [-0.25, -0.2) is 5.43 Å². The third-order valence-corrected chi connectivity index (χ3v) is 4.01. The van der Waals surface area contributed by atoms with Crippen LogP contribution in [0.15, 0.2) is 113 Å². The van der Waals surface area contributed by atoms with Crippen LogP contribution >= 0.6 is 0 Å². The maximum Gasteiger partial charge on any atom is 0.287 e. The van der Waals surface area contributed by atoms with Gasteiger partial charge in [0.15, 0.2) is 0 Å². The van der Waals surface area contributed by atoms with Crippen LogP contribution in [-0.4, -0.2) is 18.0 Å². The molecule has 0 saturated carbocycles. The summed E-state index contributed by atoms with van der Waals surface area (Å²) in [5.74, 6) is -0.277. The van der Waals surface area contributed by atoms with E-state index in [1.54, 1.807) is 60.9 Å². The normalized spacial score (nSPS) is 11.9. The van der Waals surface area contributed by atoms with Crippen molar-refractivity contribution in [3.05, 3.63) is 120 Å². The highest BCUT2D eigenvalue weighted by Gasteiger charge is 2.13. The highest BCUT2D eigenvalue weighted by molar-refractivity contribution is 6.03. The molecule has 0 radical (unpaired) electrons. The van der Waals surface area contributed by atoms with Gasteiger partial charge in [-0.2, -0.15) is 5.10 Å². The molecule has 3 aromatic rings. The lowest BCUT2D eigenvalue weighted by Gasteiger charge is -2.08. The number of nitrogens with one attached hydrogen (secondary N) is 2. The molecule has 6 heteroatoms. The zero-order valence-corrected chi connectivity index (χ0v) is 16.6. The maximum atomic E-state index is 12.6. The highest BCUT2D eigenvalue weighted by atomic mass is 16.3. The molecular weight excluding hydrogens is 390 g/mol. The van der Waals surface area contributed by atoms with Crippen molar-refractivity contribution in [2.45, 2.75) is 0 Å². The van der Waals surface area contributed by atoms with Crippen molar-refractivity contribution in [2.24, 2.45) is 5.10 Å². The molecule has 0 aliphatic carbocycles. The second-order valence-electron chi connectivity index (χ2n) is 6.26. The third-order valence-electron chi connectivity index (χ3n) is 4.01. The van der Waals surface area contributed by atoms with Crippen LogP contribution in [0.2, 0.25) is 0 Å². The van der Waals surface area contributed by atoms with Gasteiger partial charge in [-0.05, 0) is 48.1 Å². The van der Waals surface area contributed by atoms with Gasteiger partial charge < -0.3 is 9.73 Å². The van der Waals surface area contributed by atoms with Gasteiger partial charge >= 0.3 is 0 Å². The summed E-state index contributed by atoms with van der Waals surface area (Å²) in [6.07, 6.45) is 11.3. The predicted molar refractivity (Wildman–Crippen MR) is 122 cm³/mol. The van der Waals surface area contributed by atoms with Crippen molar-refractivity contribution < 1.29 is 14.0 Å². The average molecular weight is 411 g/mol. The molecular formula is C25H21N3O3. The Morgan fingerprint density at radius 1 is 0.839 bits per heavy atom. The molecule has 2 amide bonds. The van der Waals surface area contributed by atoms with Crippen molar-refractivity contribution >= 4 is 30.2 Å². The highest BCUT2D eigenvalue weighted by Crippen LogP contribution is 2.04. The van der Waals surface area contributed by atoms with Crippen LogP contribution in [-0.2, 0) is 4.79 Å². The number of allylic oxidation sites excluding steroid dienone is 3. The number of hydrazone groups is 1. The Balaban J connectivity index is 1.69. The van der Waals surface area contributed by atoms with Gasteiger partial charge in [-0.15, -0.1) is 0 Å². The molecule has 0 aliphatic rings. The topological polar surface area (TPSA) is 83.7 Å². The average Bonchev–Trinajstić information content (AvgIpc) is 3.33. The Morgan fingerprint density at radius 3 is 2.29 bits per heavy atom. The summed E-state index contributed by atoms with van der Waals surface area (Å²) >= 11 is 0. The Morgan fingerprint density at radius 2 is 1.58 bits per heavy atom. The van der Waals surface area contributed by atoms with Gasteiger partial charge in [0.1, 0.15) is 11.5 Å². The van der Waals surface area contributed by atoms with E-state index < -0.39 is 11.8 Å². The SMILES string of the molecule is O=C(NN=CC=Cc1ccco1)C(=CC=Cc1ccccc1)NC(=O)c1ccccc1. The fourth-order valence-corrected chi connectivity index (χ4v) is 2.50. The quantitative estimate of drug-likeness (QED) is 0.249. The van der Waals surface area contributed by atoms with E-state index in [1.807, 2.05) is 42.5 Å². The molecule has 2 aromatic carbocycles. The van der Waals surface area contributed by atoms with E-state index in [4.69, 9.17) is 4.42 Å². The maximum absolute atomic E-state index is 12.6. The van der Waals surface area contributed by atoms with Crippen LogP contribution in [0, 0.1) is 0 Å². The number of nitrogens with zero attached hydrogens (tertiary/aromatic N) is 1. The molecule has 1 aromatic heterocycles. The van der Waals surface area contributed by atoms with E-state index in [0.717, 1.165) is 5.56 Å². The number of carbonyl (C=O) groups excluding carboxylic acids is 2. The Bertz CT molecular complexity index is 1100. The smallest absolute Gasteiger partial charge is 0.287 e. The summed E-state index contributed by atoms with van der Waals surface area (Å²) in [5.41, 5.74) is 3.87. The number of hydrogen-bond acceptors (Lipinski definition) is 4. The molecule has 0 spiro atoms. The van der Waals surface area contributed by atoms with Crippen molar-refractivity contribution in [2.75, 3.05) is 0 Å². The van der Waals surface area contributed by atoms with E-state index in [2.05, 4.69) is 15.8 Å². The molecule has 0 aliphatic heterocycles. The minimum atomic E-state index is -0.551. The first-order chi connectivity index (χ1) is 15.2. The molecule has 0 saturated heterocycles. The minimum absolute atomic E-state index is 0.0631. The lowest BCUT2D eigenvalue weighted by molar-refractivity contribution is -0.117. The zero-order valence-electron chi connectivity index (χ0n) is 16.6. The van der Waals surface area contributed by atoms with Crippen LogP contribution in [0.1, 0.15) is 21.7 Å². The first-order valence-corrected chi connectivity index (χ1v) is 9.56. The van der Waals surface area contributed by atoms with Crippen LogP contribution < -0.4 is 10.7 Å². The molecule has 0 unspecified atom stereocenters.